The van der Waals surface area contributed by atoms with Crippen LogP contribution in [0.2, 0.25) is 0 Å². The molecule has 0 nitrogen and oxygen atoms in total. The normalized spacial score (nSPS) is 8.18. The Bertz CT molecular complexity index is 217. The van der Waals surface area contributed by atoms with E-state index in [1.807, 2.05) is 6.07 Å². The second-order valence-corrected chi connectivity index (χ2v) is 4.08. The van der Waals surface area contributed by atoms with Crippen LogP contribution in [0.4, 0.5) is 4.39 Å². The molecule has 58 valence electrons. The largest absolute Gasteiger partial charge is 0.505 e. The SMILES string of the molecule is Cl.Fc1cccc([CH2][Mg][Cl])c1. The average Bonchev–Trinajstić information content (AvgIpc) is 1.88. The van der Waals surface area contributed by atoms with E-state index in [1.165, 1.54) is 12.1 Å². The van der Waals surface area contributed by atoms with Gasteiger partial charge in [0.2, 0.25) is 0 Å². The third-order valence-electron chi connectivity index (χ3n) is 1.27. The van der Waals surface area contributed by atoms with Gasteiger partial charge in [-0.05, 0) is 12.1 Å². The summed E-state index contributed by atoms with van der Waals surface area (Å²) < 4.78 is 13.3. The highest BCUT2D eigenvalue weighted by molar-refractivity contribution is 6.93. The fourth-order valence-electron chi connectivity index (χ4n) is 0.802. The summed E-state index contributed by atoms with van der Waals surface area (Å²) in [7, 11) is 5.60. The first-order chi connectivity index (χ1) is 4.83. The van der Waals surface area contributed by atoms with Gasteiger partial charge in [0, 0.05) is 0 Å². The predicted molar refractivity (Wildman–Crippen MR) is 49.0 cm³/mol. The van der Waals surface area contributed by atoms with Gasteiger partial charge in [-0.15, -0.1) is 12.4 Å². The van der Waals surface area contributed by atoms with Gasteiger partial charge >= 0.3 is 19.3 Å². The van der Waals surface area contributed by atoms with Crippen molar-refractivity contribution in [3.8, 4) is 0 Å². The summed E-state index contributed by atoms with van der Waals surface area (Å²) in [6.45, 7) is 0. The summed E-state index contributed by atoms with van der Waals surface area (Å²) in [5, 5.41) is 0. The smallest absolute Gasteiger partial charge is 0.345 e. The van der Waals surface area contributed by atoms with Gasteiger partial charge in [-0.1, -0.05) is 22.2 Å². The zero-order valence-corrected chi connectivity index (χ0v) is 8.87. The molecule has 0 aromatic heterocycles. The molecule has 0 bridgehead atoms. The monoisotopic (exact) mass is 204 g/mol. The van der Waals surface area contributed by atoms with Gasteiger partial charge < -0.3 is 9.07 Å². The molecular formula is C7H7Cl2FMg. The Morgan fingerprint density at radius 1 is 1.45 bits per heavy atom. The molecule has 11 heavy (non-hydrogen) atoms. The molecule has 4 heteroatoms. The maximum atomic E-state index is 12.5. The molecule has 0 radical (unpaired) electrons. The zero-order chi connectivity index (χ0) is 7.40. The van der Waals surface area contributed by atoms with Gasteiger partial charge in [-0.2, -0.15) is 0 Å². The van der Waals surface area contributed by atoms with Crippen LogP contribution in [0.1, 0.15) is 5.56 Å². The van der Waals surface area contributed by atoms with E-state index in [0.717, 1.165) is 10.1 Å². The number of benzene rings is 1. The summed E-state index contributed by atoms with van der Waals surface area (Å²) in [4.78, 5) is 0. The molecule has 0 saturated carbocycles. The lowest BCUT2D eigenvalue weighted by Crippen LogP contribution is -1.88. The van der Waals surface area contributed by atoms with E-state index in [1.54, 1.807) is 6.07 Å². The first-order valence-corrected chi connectivity index (χ1v) is 6.27. The van der Waals surface area contributed by atoms with E-state index in [4.69, 9.17) is 9.07 Å². The molecule has 0 N–H and O–H groups in total. The molecule has 0 heterocycles. The maximum Gasteiger partial charge on any atom is 0.505 e. The molecule has 1 aromatic carbocycles. The fraction of sp³-hybridized carbons (Fsp3) is 0.143. The van der Waals surface area contributed by atoms with Gasteiger partial charge in [0.05, 0.1) is 0 Å². The van der Waals surface area contributed by atoms with Crippen molar-refractivity contribution >= 4 is 40.7 Å². The molecule has 0 spiro atoms. The third-order valence-corrected chi connectivity index (χ3v) is 2.61. The number of halogens is 3. The van der Waals surface area contributed by atoms with Crippen molar-refractivity contribution in [1.29, 1.82) is 0 Å². The van der Waals surface area contributed by atoms with E-state index in [2.05, 4.69) is 0 Å². The lowest BCUT2D eigenvalue weighted by Gasteiger charge is -1.94. The minimum atomic E-state index is -0.495. The first kappa shape index (κ1) is 11.5. The highest BCUT2D eigenvalue weighted by Crippen LogP contribution is 2.03. The number of hydrogen-bond donors (Lipinski definition) is 0. The second kappa shape index (κ2) is 6.06. The molecule has 0 saturated heterocycles. The maximum absolute atomic E-state index is 12.5. The number of rotatable bonds is 2. The summed E-state index contributed by atoms with van der Waals surface area (Å²) in [6.07, 6.45) is 0. The Morgan fingerprint density at radius 2 is 2.18 bits per heavy atom. The molecule has 0 atom stereocenters. The highest BCUT2D eigenvalue weighted by Gasteiger charge is 1.95. The molecule has 0 unspecified atom stereocenters. The molecule has 0 aliphatic rings. The zero-order valence-electron chi connectivity index (χ0n) is 5.89. The molecule has 1 rings (SSSR count). The molecule has 0 aliphatic heterocycles. The van der Waals surface area contributed by atoms with Crippen molar-refractivity contribution < 1.29 is 4.39 Å². The molecule has 0 fully saturated rings. The van der Waals surface area contributed by atoms with Crippen molar-refractivity contribution in [2.45, 2.75) is 4.55 Å². The Kier molecular flexibility index (Phi) is 6.33. The minimum absolute atomic E-state index is 0. The van der Waals surface area contributed by atoms with Gasteiger partial charge in [0.1, 0.15) is 5.82 Å². The van der Waals surface area contributed by atoms with Crippen molar-refractivity contribution in [2.24, 2.45) is 0 Å². The van der Waals surface area contributed by atoms with Gasteiger partial charge in [-0.3, -0.25) is 0 Å². The van der Waals surface area contributed by atoms with E-state index in [-0.39, 0.29) is 18.2 Å². The van der Waals surface area contributed by atoms with E-state index < -0.39 is 19.3 Å². The Balaban J connectivity index is 0.000001000. The molecular weight excluding hydrogens is 198 g/mol. The van der Waals surface area contributed by atoms with Crippen molar-refractivity contribution in [1.82, 2.24) is 0 Å². The predicted octanol–water partition coefficient (Wildman–Crippen LogP) is 2.61. The average molecular weight is 205 g/mol. The van der Waals surface area contributed by atoms with Gasteiger partial charge in [0.25, 0.3) is 0 Å². The van der Waals surface area contributed by atoms with Gasteiger partial charge in [-0.25, -0.2) is 4.39 Å². The van der Waals surface area contributed by atoms with E-state index in [0.29, 0.717) is 0 Å². The van der Waals surface area contributed by atoms with Crippen LogP contribution in [-0.4, -0.2) is 19.3 Å². The van der Waals surface area contributed by atoms with Crippen LogP contribution in [0.25, 0.3) is 0 Å². The molecule has 0 aliphatic carbocycles. The van der Waals surface area contributed by atoms with E-state index in [9.17, 15) is 4.39 Å². The molecule has 1 aromatic rings. The Hall–Kier alpha value is 0.496. The van der Waals surface area contributed by atoms with Crippen LogP contribution >= 0.6 is 21.5 Å². The highest BCUT2D eigenvalue weighted by atomic mass is 35.5. The van der Waals surface area contributed by atoms with Crippen molar-refractivity contribution in [3.05, 3.63) is 35.6 Å². The van der Waals surface area contributed by atoms with E-state index >= 15 is 0 Å². The third kappa shape index (κ3) is 4.16. The Labute approximate surface area is 85.0 Å². The summed E-state index contributed by atoms with van der Waals surface area (Å²) in [5.74, 6) is -0.170. The fourth-order valence-corrected chi connectivity index (χ4v) is 1.99. The summed E-state index contributed by atoms with van der Waals surface area (Å²) >= 11 is -0.495. The van der Waals surface area contributed by atoms with Gasteiger partial charge in [0.15, 0.2) is 0 Å². The van der Waals surface area contributed by atoms with Crippen molar-refractivity contribution in [3.63, 3.8) is 0 Å². The van der Waals surface area contributed by atoms with Crippen LogP contribution in [0.15, 0.2) is 24.3 Å². The molecule has 0 amide bonds. The topological polar surface area (TPSA) is 0 Å². The van der Waals surface area contributed by atoms with Crippen LogP contribution in [0, 0.1) is 5.82 Å². The summed E-state index contributed by atoms with van der Waals surface area (Å²) in [6, 6.07) is 6.60. The standard InChI is InChI=1S/C7H6F.2ClH.Mg/c1-6-3-2-4-7(8)5-6;;;/h2-5H,1H2;2*1H;/q;;;+1/p-1. The number of hydrogen-bond acceptors (Lipinski definition) is 0. The van der Waals surface area contributed by atoms with Crippen LogP contribution in [0.3, 0.4) is 0 Å². The van der Waals surface area contributed by atoms with Crippen LogP contribution in [0.5, 0.6) is 0 Å². The first-order valence-electron chi connectivity index (χ1n) is 3.13. The van der Waals surface area contributed by atoms with Crippen LogP contribution in [-0.2, 0) is 4.55 Å². The Morgan fingerprint density at radius 3 is 2.73 bits per heavy atom. The summed E-state index contributed by atoms with van der Waals surface area (Å²) in [5.41, 5.74) is 1.02. The van der Waals surface area contributed by atoms with Crippen molar-refractivity contribution in [2.75, 3.05) is 0 Å². The quantitative estimate of drug-likeness (QED) is 0.651. The second-order valence-electron chi connectivity index (χ2n) is 2.07. The van der Waals surface area contributed by atoms with Crippen LogP contribution < -0.4 is 0 Å². The lowest BCUT2D eigenvalue weighted by atomic mass is 10.2. The lowest BCUT2D eigenvalue weighted by molar-refractivity contribution is 0.626. The minimum Gasteiger partial charge on any atom is -0.345 e.